The van der Waals surface area contributed by atoms with Crippen molar-refractivity contribution in [3.8, 4) is 0 Å². The van der Waals surface area contributed by atoms with Gasteiger partial charge in [-0.2, -0.15) is 0 Å². The van der Waals surface area contributed by atoms with E-state index in [9.17, 15) is 9.59 Å². The van der Waals surface area contributed by atoms with Gasteiger partial charge in [-0.25, -0.2) is 9.59 Å². The highest BCUT2D eigenvalue weighted by Gasteiger charge is 2.21. The highest BCUT2D eigenvalue weighted by molar-refractivity contribution is 5.91. The van der Waals surface area contributed by atoms with E-state index in [-0.39, 0.29) is 12.2 Å². The van der Waals surface area contributed by atoms with Gasteiger partial charge < -0.3 is 28.7 Å². The summed E-state index contributed by atoms with van der Waals surface area (Å²) in [5.74, 6) is -1.05. The van der Waals surface area contributed by atoms with Gasteiger partial charge in [0.05, 0.1) is 38.6 Å². The smallest absolute Gasteiger partial charge is 0.331 e. The molecule has 34 heavy (non-hydrogen) atoms. The number of hydrogen-bond donors (Lipinski definition) is 0. The maximum absolute atomic E-state index is 11.8. The molecule has 0 bridgehead atoms. The SMILES string of the molecule is CN(C)CC1CN(CCCOC(=O)/C=C/C(=O)OCCCN2CCOC(CN(C)C)C2)CCO1. The molecule has 0 aromatic rings. The zero-order chi connectivity index (χ0) is 24.8. The number of rotatable bonds is 14. The van der Waals surface area contributed by atoms with Crippen LogP contribution in [0.5, 0.6) is 0 Å². The molecular formula is C24H44N4O6. The Balaban J connectivity index is 1.50. The number of esters is 2. The van der Waals surface area contributed by atoms with Crippen molar-refractivity contribution in [2.45, 2.75) is 25.0 Å². The number of likely N-dealkylation sites (N-methyl/N-ethyl adjacent to an activating group) is 2. The van der Waals surface area contributed by atoms with Crippen LogP contribution in [0.2, 0.25) is 0 Å². The number of carbonyl (C=O) groups is 2. The summed E-state index contributed by atoms with van der Waals surface area (Å²) in [6.07, 6.45) is 4.20. The van der Waals surface area contributed by atoms with Gasteiger partial charge in [0.2, 0.25) is 0 Å². The van der Waals surface area contributed by atoms with Gasteiger partial charge >= 0.3 is 11.9 Å². The van der Waals surface area contributed by atoms with Crippen LogP contribution in [0.1, 0.15) is 12.8 Å². The molecule has 2 fully saturated rings. The van der Waals surface area contributed by atoms with Crippen molar-refractivity contribution < 1.29 is 28.5 Å². The molecule has 10 heteroatoms. The Morgan fingerprint density at radius 1 is 0.794 bits per heavy atom. The van der Waals surface area contributed by atoms with Gasteiger partial charge in [0.25, 0.3) is 0 Å². The van der Waals surface area contributed by atoms with Crippen LogP contribution in [0.15, 0.2) is 12.2 Å². The summed E-state index contributed by atoms with van der Waals surface area (Å²) in [5, 5.41) is 0. The molecule has 0 aromatic heterocycles. The van der Waals surface area contributed by atoms with E-state index in [0.29, 0.717) is 13.2 Å². The highest BCUT2D eigenvalue weighted by atomic mass is 16.5. The van der Waals surface area contributed by atoms with Crippen molar-refractivity contribution in [3.63, 3.8) is 0 Å². The van der Waals surface area contributed by atoms with Crippen molar-refractivity contribution in [3.05, 3.63) is 12.2 Å². The van der Waals surface area contributed by atoms with Crippen molar-refractivity contribution in [1.82, 2.24) is 19.6 Å². The van der Waals surface area contributed by atoms with E-state index in [4.69, 9.17) is 18.9 Å². The predicted molar refractivity (Wildman–Crippen MR) is 130 cm³/mol. The van der Waals surface area contributed by atoms with E-state index < -0.39 is 11.9 Å². The Hall–Kier alpha value is -1.56. The van der Waals surface area contributed by atoms with E-state index >= 15 is 0 Å². The van der Waals surface area contributed by atoms with Crippen LogP contribution in [0.25, 0.3) is 0 Å². The average molecular weight is 485 g/mol. The lowest BCUT2D eigenvalue weighted by Gasteiger charge is -2.34. The molecule has 0 N–H and O–H groups in total. The summed E-state index contributed by atoms with van der Waals surface area (Å²) in [6, 6.07) is 0. The first kappa shape index (κ1) is 28.7. The normalized spacial score (nSPS) is 22.5. The minimum Gasteiger partial charge on any atom is -0.462 e. The fraction of sp³-hybridized carbons (Fsp3) is 0.833. The molecule has 2 saturated heterocycles. The van der Waals surface area contributed by atoms with Crippen molar-refractivity contribution in [1.29, 1.82) is 0 Å². The lowest BCUT2D eigenvalue weighted by atomic mass is 10.2. The molecule has 0 spiro atoms. The van der Waals surface area contributed by atoms with Crippen molar-refractivity contribution in [2.75, 3.05) is 107 Å². The largest absolute Gasteiger partial charge is 0.462 e. The molecule has 0 radical (unpaired) electrons. The lowest BCUT2D eigenvalue weighted by Crippen LogP contribution is -2.46. The van der Waals surface area contributed by atoms with Gasteiger partial charge in [-0.15, -0.1) is 0 Å². The van der Waals surface area contributed by atoms with Gasteiger partial charge in [-0.05, 0) is 41.0 Å². The minimum atomic E-state index is -0.523. The quantitative estimate of drug-likeness (QED) is 0.190. The van der Waals surface area contributed by atoms with Gasteiger partial charge in [-0.1, -0.05) is 0 Å². The summed E-state index contributed by atoms with van der Waals surface area (Å²) in [7, 11) is 8.16. The van der Waals surface area contributed by atoms with Crippen LogP contribution in [0.3, 0.4) is 0 Å². The van der Waals surface area contributed by atoms with E-state index in [2.05, 4.69) is 19.6 Å². The number of nitrogens with zero attached hydrogens (tertiary/aromatic N) is 4. The van der Waals surface area contributed by atoms with Crippen LogP contribution in [-0.2, 0) is 28.5 Å². The Labute approximate surface area is 204 Å². The average Bonchev–Trinajstić information content (AvgIpc) is 2.78. The van der Waals surface area contributed by atoms with Crippen LogP contribution >= 0.6 is 0 Å². The van der Waals surface area contributed by atoms with Crippen molar-refractivity contribution >= 4 is 11.9 Å². The zero-order valence-corrected chi connectivity index (χ0v) is 21.4. The Morgan fingerprint density at radius 2 is 1.21 bits per heavy atom. The minimum absolute atomic E-state index is 0.217. The zero-order valence-electron chi connectivity index (χ0n) is 21.4. The lowest BCUT2D eigenvalue weighted by molar-refractivity contribution is -0.140. The standard InChI is InChI=1S/C24H44N4O6/c1-25(2)17-21-19-27(11-15-31-21)9-5-13-33-23(29)7-8-24(30)34-14-6-10-28-12-16-32-22(20-28)18-26(3)4/h7-8,21-22H,5-6,9-20H2,1-4H3/b8-7+. The molecule has 2 heterocycles. The Bertz CT molecular complexity index is 579. The third-order valence-corrected chi connectivity index (χ3v) is 5.66. The van der Waals surface area contributed by atoms with E-state index in [1.165, 1.54) is 0 Å². The second kappa shape index (κ2) is 16.2. The number of morpholine rings is 2. The Morgan fingerprint density at radius 3 is 1.59 bits per heavy atom. The maximum atomic E-state index is 11.8. The summed E-state index contributed by atoms with van der Waals surface area (Å²) in [5.41, 5.74) is 0. The summed E-state index contributed by atoms with van der Waals surface area (Å²) in [4.78, 5) is 32.6. The molecule has 2 aliphatic heterocycles. The first-order valence-electron chi connectivity index (χ1n) is 12.3. The summed E-state index contributed by atoms with van der Waals surface area (Å²) in [6.45, 7) is 9.17. The van der Waals surface area contributed by atoms with Crippen LogP contribution < -0.4 is 0 Å². The van der Waals surface area contributed by atoms with Crippen LogP contribution in [0, 0.1) is 0 Å². The molecule has 0 saturated carbocycles. The van der Waals surface area contributed by atoms with E-state index in [0.717, 1.165) is 90.6 Å². The van der Waals surface area contributed by atoms with Gasteiger partial charge in [-0.3, -0.25) is 9.80 Å². The first-order valence-corrected chi connectivity index (χ1v) is 12.3. The third kappa shape index (κ3) is 12.8. The summed E-state index contributed by atoms with van der Waals surface area (Å²) >= 11 is 0. The molecule has 0 aromatic carbocycles. The van der Waals surface area contributed by atoms with E-state index in [1.807, 2.05) is 28.2 Å². The second-order valence-electron chi connectivity index (χ2n) is 9.49. The highest BCUT2D eigenvalue weighted by Crippen LogP contribution is 2.08. The number of carbonyl (C=O) groups excluding carboxylic acids is 2. The third-order valence-electron chi connectivity index (χ3n) is 5.66. The fourth-order valence-electron chi connectivity index (χ4n) is 4.16. The Kier molecular flexibility index (Phi) is 13.6. The second-order valence-corrected chi connectivity index (χ2v) is 9.49. The molecule has 0 aliphatic carbocycles. The molecule has 196 valence electrons. The molecule has 10 nitrogen and oxygen atoms in total. The predicted octanol–water partition coefficient (Wildman–Crippen LogP) is -0.0660. The van der Waals surface area contributed by atoms with Gasteiger partial charge in [0.15, 0.2) is 0 Å². The molecule has 2 aliphatic rings. The van der Waals surface area contributed by atoms with Crippen LogP contribution in [0.4, 0.5) is 0 Å². The molecule has 2 atom stereocenters. The maximum Gasteiger partial charge on any atom is 0.331 e. The topological polar surface area (TPSA) is 84.0 Å². The monoisotopic (exact) mass is 484 g/mol. The van der Waals surface area contributed by atoms with Crippen LogP contribution in [-0.4, -0.2) is 151 Å². The fourth-order valence-corrected chi connectivity index (χ4v) is 4.16. The molecule has 0 amide bonds. The van der Waals surface area contributed by atoms with Gasteiger partial charge in [0, 0.05) is 64.5 Å². The van der Waals surface area contributed by atoms with E-state index in [1.54, 1.807) is 0 Å². The molecular weight excluding hydrogens is 440 g/mol. The molecule has 2 unspecified atom stereocenters. The number of hydrogen-bond acceptors (Lipinski definition) is 10. The summed E-state index contributed by atoms with van der Waals surface area (Å²) < 4.78 is 21.9. The first-order chi connectivity index (χ1) is 16.3. The molecule has 2 rings (SSSR count). The van der Waals surface area contributed by atoms with Crippen molar-refractivity contribution in [2.24, 2.45) is 0 Å². The van der Waals surface area contributed by atoms with Gasteiger partial charge in [0.1, 0.15) is 0 Å². The number of ether oxygens (including phenoxy) is 4.